The zero-order valence-electron chi connectivity index (χ0n) is 14.8. The first-order valence-corrected chi connectivity index (χ1v) is 9.33. The Labute approximate surface area is 149 Å². The van der Waals surface area contributed by atoms with Gasteiger partial charge in [-0.2, -0.15) is 0 Å². The first-order valence-electron chi connectivity index (χ1n) is 9.33. The van der Waals surface area contributed by atoms with Gasteiger partial charge in [-0.1, -0.05) is 38.0 Å². The van der Waals surface area contributed by atoms with E-state index in [1.165, 1.54) is 62.3 Å². The molecule has 1 fully saturated rings. The molecule has 0 amide bonds. The summed E-state index contributed by atoms with van der Waals surface area (Å²) in [4.78, 5) is 0. The second kappa shape index (κ2) is 8.46. The van der Waals surface area contributed by atoms with Gasteiger partial charge in [0, 0.05) is 0 Å². The Bertz CT molecular complexity index is 653. The molecular weight excluding hydrogens is 318 g/mol. The average molecular weight is 344 g/mol. The van der Waals surface area contributed by atoms with Crippen LogP contribution >= 0.6 is 0 Å². The molecule has 1 aliphatic carbocycles. The lowest BCUT2D eigenvalue weighted by Gasteiger charge is -2.28. The third-order valence-corrected chi connectivity index (χ3v) is 5.34. The molecule has 0 aliphatic heterocycles. The summed E-state index contributed by atoms with van der Waals surface area (Å²) >= 11 is 0. The first kappa shape index (κ1) is 17.9. The number of rotatable bonds is 6. The molecule has 1 saturated carbocycles. The summed E-state index contributed by atoms with van der Waals surface area (Å²) in [5.74, 6) is 1.04. The molecular formula is C22H26F2O. The summed E-state index contributed by atoms with van der Waals surface area (Å²) in [6.45, 7) is 2.16. The standard InChI is InChI=1S/C22H26F2O/c1-2-4-16-7-9-17(10-8-16)18-11-13-19(14-12-18)25-15-20-21(23)5-3-6-22(20)24/h3,5-6,11-14,16-17H,2,4,7-10,15H2,1H3. The van der Waals surface area contributed by atoms with Crippen LogP contribution in [0.25, 0.3) is 0 Å². The van der Waals surface area contributed by atoms with Gasteiger partial charge in [0.1, 0.15) is 24.0 Å². The van der Waals surface area contributed by atoms with Gasteiger partial charge >= 0.3 is 0 Å². The maximum absolute atomic E-state index is 13.6. The molecule has 0 atom stereocenters. The van der Waals surface area contributed by atoms with Gasteiger partial charge < -0.3 is 4.74 Å². The number of benzene rings is 2. The molecule has 2 aromatic carbocycles. The predicted octanol–water partition coefficient (Wildman–Crippen LogP) is 6.62. The van der Waals surface area contributed by atoms with Gasteiger partial charge in [-0.3, -0.25) is 0 Å². The van der Waals surface area contributed by atoms with Crippen LogP contribution in [0.5, 0.6) is 5.75 Å². The Morgan fingerprint density at radius 2 is 1.56 bits per heavy atom. The molecule has 0 radical (unpaired) electrons. The van der Waals surface area contributed by atoms with Crippen LogP contribution in [0.4, 0.5) is 8.78 Å². The van der Waals surface area contributed by atoms with Crippen molar-refractivity contribution in [2.45, 2.75) is 58.0 Å². The molecule has 0 N–H and O–H groups in total. The van der Waals surface area contributed by atoms with E-state index in [0.717, 1.165) is 5.92 Å². The highest BCUT2D eigenvalue weighted by molar-refractivity contribution is 5.30. The van der Waals surface area contributed by atoms with E-state index < -0.39 is 11.6 Å². The summed E-state index contributed by atoms with van der Waals surface area (Å²) in [7, 11) is 0. The summed E-state index contributed by atoms with van der Waals surface area (Å²) in [5, 5.41) is 0. The van der Waals surface area contributed by atoms with E-state index in [4.69, 9.17) is 4.74 Å². The van der Waals surface area contributed by atoms with Gasteiger partial charge in [-0.25, -0.2) is 8.78 Å². The number of ether oxygens (including phenoxy) is 1. The number of hydrogen-bond acceptors (Lipinski definition) is 1. The fourth-order valence-electron chi connectivity index (χ4n) is 3.85. The minimum absolute atomic E-state index is 0.0270. The Hall–Kier alpha value is -1.90. The summed E-state index contributed by atoms with van der Waals surface area (Å²) in [6, 6.07) is 11.9. The van der Waals surface area contributed by atoms with Crippen LogP contribution in [0.15, 0.2) is 42.5 Å². The third-order valence-electron chi connectivity index (χ3n) is 5.34. The van der Waals surface area contributed by atoms with Crippen molar-refractivity contribution in [3.05, 3.63) is 65.2 Å². The molecule has 2 aromatic rings. The quantitative estimate of drug-likeness (QED) is 0.572. The molecule has 134 valence electrons. The Morgan fingerprint density at radius 3 is 2.16 bits per heavy atom. The summed E-state index contributed by atoms with van der Waals surface area (Å²) in [6.07, 6.45) is 7.79. The largest absolute Gasteiger partial charge is 0.489 e. The maximum Gasteiger partial charge on any atom is 0.132 e. The summed E-state index contributed by atoms with van der Waals surface area (Å²) < 4.78 is 32.8. The minimum atomic E-state index is -0.569. The van der Waals surface area contributed by atoms with Gasteiger partial charge in [0.25, 0.3) is 0 Å². The predicted molar refractivity (Wildman–Crippen MR) is 96.7 cm³/mol. The summed E-state index contributed by atoms with van der Waals surface area (Å²) in [5.41, 5.74) is 1.32. The molecule has 1 aliphatic rings. The van der Waals surface area contributed by atoms with Crippen LogP contribution in [-0.2, 0) is 6.61 Å². The van der Waals surface area contributed by atoms with E-state index in [1.54, 1.807) is 0 Å². The van der Waals surface area contributed by atoms with Crippen LogP contribution in [0.3, 0.4) is 0 Å². The van der Waals surface area contributed by atoms with Crippen molar-refractivity contribution in [2.24, 2.45) is 5.92 Å². The van der Waals surface area contributed by atoms with Crippen molar-refractivity contribution in [1.82, 2.24) is 0 Å². The Balaban J connectivity index is 1.56. The molecule has 0 spiro atoms. The SMILES string of the molecule is CCCC1CCC(c2ccc(OCc3c(F)cccc3F)cc2)CC1. The Morgan fingerprint density at radius 1 is 0.920 bits per heavy atom. The van der Waals surface area contributed by atoms with Crippen molar-refractivity contribution in [3.8, 4) is 5.75 Å². The van der Waals surface area contributed by atoms with Gasteiger partial charge in [0.15, 0.2) is 0 Å². The number of hydrogen-bond donors (Lipinski definition) is 0. The van der Waals surface area contributed by atoms with Crippen molar-refractivity contribution >= 4 is 0 Å². The van der Waals surface area contributed by atoms with E-state index in [0.29, 0.717) is 11.7 Å². The third kappa shape index (κ3) is 4.59. The van der Waals surface area contributed by atoms with Crippen LogP contribution in [0, 0.1) is 17.6 Å². The normalized spacial score (nSPS) is 20.4. The maximum atomic E-state index is 13.6. The molecule has 0 saturated heterocycles. The van der Waals surface area contributed by atoms with Crippen molar-refractivity contribution < 1.29 is 13.5 Å². The lowest BCUT2D eigenvalue weighted by molar-refractivity contribution is 0.291. The average Bonchev–Trinajstić information content (AvgIpc) is 2.63. The van der Waals surface area contributed by atoms with Gasteiger partial charge in [0.2, 0.25) is 0 Å². The molecule has 3 rings (SSSR count). The van der Waals surface area contributed by atoms with Crippen molar-refractivity contribution in [2.75, 3.05) is 0 Å². The van der Waals surface area contributed by atoms with Gasteiger partial charge in [-0.05, 0) is 67.3 Å². The fraction of sp³-hybridized carbons (Fsp3) is 0.455. The zero-order valence-corrected chi connectivity index (χ0v) is 14.8. The Kier molecular flexibility index (Phi) is 6.06. The van der Waals surface area contributed by atoms with E-state index >= 15 is 0 Å². The molecule has 1 nitrogen and oxygen atoms in total. The highest BCUT2D eigenvalue weighted by Gasteiger charge is 2.21. The highest BCUT2D eigenvalue weighted by Crippen LogP contribution is 2.37. The van der Waals surface area contributed by atoms with Gasteiger partial charge in [0.05, 0.1) is 5.56 Å². The molecule has 0 unspecified atom stereocenters. The van der Waals surface area contributed by atoms with Crippen LogP contribution < -0.4 is 4.74 Å². The highest BCUT2D eigenvalue weighted by atomic mass is 19.1. The molecule has 0 bridgehead atoms. The van der Waals surface area contributed by atoms with Crippen molar-refractivity contribution in [3.63, 3.8) is 0 Å². The van der Waals surface area contributed by atoms with Crippen LogP contribution in [-0.4, -0.2) is 0 Å². The minimum Gasteiger partial charge on any atom is -0.489 e. The first-order chi connectivity index (χ1) is 12.2. The van der Waals surface area contributed by atoms with E-state index in [9.17, 15) is 8.78 Å². The van der Waals surface area contributed by atoms with Gasteiger partial charge in [-0.15, -0.1) is 0 Å². The molecule has 0 heterocycles. The molecule has 0 aromatic heterocycles. The van der Waals surface area contributed by atoms with Crippen LogP contribution in [0.2, 0.25) is 0 Å². The van der Waals surface area contributed by atoms with Crippen LogP contribution in [0.1, 0.15) is 62.5 Å². The fourth-order valence-corrected chi connectivity index (χ4v) is 3.85. The second-order valence-corrected chi connectivity index (χ2v) is 7.06. The lowest BCUT2D eigenvalue weighted by atomic mass is 9.77. The van der Waals surface area contributed by atoms with E-state index in [2.05, 4.69) is 19.1 Å². The topological polar surface area (TPSA) is 9.23 Å². The monoisotopic (exact) mass is 344 g/mol. The molecule has 3 heteroatoms. The smallest absolute Gasteiger partial charge is 0.132 e. The number of halogens is 2. The van der Waals surface area contributed by atoms with E-state index in [1.807, 2.05) is 12.1 Å². The molecule has 25 heavy (non-hydrogen) atoms. The van der Waals surface area contributed by atoms with Crippen molar-refractivity contribution in [1.29, 1.82) is 0 Å². The second-order valence-electron chi connectivity index (χ2n) is 7.06. The van der Waals surface area contributed by atoms with E-state index in [-0.39, 0.29) is 12.2 Å². The zero-order chi connectivity index (χ0) is 17.6. The lowest BCUT2D eigenvalue weighted by Crippen LogP contribution is -2.13.